The molecule has 0 radical (unpaired) electrons. The number of rotatable bonds is 5. The molecule has 0 aliphatic carbocycles. The normalized spacial score (nSPS) is 17.2. The fourth-order valence-electron chi connectivity index (χ4n) is 3.22. The van der Waals surface area contributed by atoms with E-state index >= 15 is 0 Å². The molecule has 3 aromatic heterocycles. The molecule has 4 heterocycles. The molecule has 0 aromatic carbocycles. The van der Waals surface area contributed by atoms with Crippen molar-refractivity contribution >= 4 is 0 Å². The highest BCUT2D eigenvalue weighted by atomic mass is 16.3. The average molecular weight is 340 g/mol. The van der Waals surface area contributed by atoms with Crippen molar-refractivity contribution < 1.29 is 4.42 Å². The third kappa shape index (κ3) is 3.24. The summed E-state index contributed by atoms with van der Waals surface area (Å²) in [6.07, 6.45) is 3.90. The van der Waals surface area contributed by atoms with Gasteiger partial charge in [-0.05, 0) is 25.5 Å². The van der Waals surface area contributed by atoms with E-state index in [2.05, 4.69) is 44.1 Å². The average Bonchev–Trinajstić information content (AvgIpc) is 3.30. The van der Waals surface area contributed by atoms with Gasteiger partial charge < -0.3 is 9.73 Å². The fourth-order valence-corrected chi connectivity index (χ4v) is 3.22. The van der Waals surface area contributed by atoms with E-state index in [4.69, 9.17) is 4.42 Å². The van der Waals surface area contributed by atoms with Gasteiger partial charge in [-0.15, -0.1) is 0 Å². The molecule has 0 amide bonds. The summed E-state index contributed by atoms with van der Waals surface area (Å²) in [6.45, 7) is 7.82. The number of aryl methyl sites for hydroxylation is 2. The van der Waals surface area contributed by atoms with Crippen LogP contribution in [-0.2, 0) is 19.5 Å². The van der Waals surface area contributed by atoms with Gasteiger partial charge in [0, 0.05) is 30.5 Å². The first kappa shape index (κ1) is 16.1. The highest BCUT2D eigenvalue weighted by Crippen LogP contribution is 2.24. The lowest BCUT2D eigenvalue weighted by Crippen LogP contribution is -2.37. The first-order valence-corrected chi connectivity index (χ1v) is 8.86. The van der Waals surface area contributed by atoms with Crippen LogP contribution < -0.4 is 5.32 Å². The van der Waals surface area contributed by atoms with Crippen LogP contribution in [0.1, 0.15) is 49.2 Å². The van der Waals surface area contributed by atoms with Gasteiger partial charge in [-0.2, -0.15) is 10.2 Å². The van der Waals surface area contributed by atoms with Crippen molar-refractivity contribution in [2.75, 3.05) is 0 Å². The third-order valence-electron chi connectivity index (χ3n) is 4.68. The lowest BCUT2D eigenvalue weighted by Gasteiger charge is -2.23. The summed E-state index contributed by atoms with van der Waals surface area (Å²) in [6, 6.07) is 4.32. The number of aromatic nitrogens is 5. The van der Waals surface area contributed by atoms with Crippen LogP contribution in [0.15, 0.2) is 22.7 Å². The highest BCUT2D eigenvalue weighted by molar-refractivity contribution is 5.56. The van der Waals surface area contributed by atoms with E-state index in [-0.39, 0.29) is 0 Å². The summed E-state index contributed by atoms with van der Waals surface area (Å²) in [5, 5.41) is 15.5. The van der Waals surface area contributed by atoms with Crippen molar-refractivity contribution in [3.63, 3.8) is 0 Å². The molecule has 1 atom stereocenters. The molecule has 0 unspecified atom stereocenters. The minimum Gasteiger partial charge on any atom is -0.460 e. The summed E-state index contributed by atoms with van der Waals surface area (Å²) in [5.41, 5.74) is 2.06. The van der Waals surface area contributed by atoms with Gasteiger partial charge in [0.15, 0.2) is 11.6 Å². The number of H-pyrrole nitrogens is 1. The molecular formula is C18H24N6O. The molecule has 1 aliphatic rings. The number of furan rings is 1. The summed E-state index contributed by atoms with van der Waals surface area (Å²) in [4.78, 5) is 4.65. The first-order chi connectivity index (χ1) is 12.1. The SMILES string of the molecule is Cc1ccc(-c2[nH]ncc2CN[C@H]2CCc3nc(C(C)C)nn3C2)o1. The van der Waals surface area contributed by atoms with Gasteiger partial charge >= 0.3 is 0 Å². The molecule has 7 heteroatoms. The Labute approximate surface area is 146 Å². The Hall–Kier alpha value is -2.41. The number of hydrogen-bond donors (Lipinski definition) is 2. The maximum atomic E-state index is 5.71. The highest BCUT2D eigenvalue weighted by Gasteiger charge is 2.22. The quantitative estimate of drug-likeness (QED) is 0.746. The standard InChI is InChI=1S/C18H24N6O/c1-11(2)18-21-16-7-5-14(10-24(16)23-18)19-8-13-9-20-22-17(13)15-6-4-12(3)25-15/h4,6,9,11,14,19H,5,7-8,10H2,1-3H3,(H,20,22)/t14-/m0/s1. The molecular weight excluding hydrogens is 316 g/mol. The van der Waals surface area contributed by atoms with Crippen molar-refractivity contribution in [1.29, 1.82) is 0 Å². The Bertz CT molecular complexity index is 859. The second-order valence-electron chi connectivity index (χ2n) is 7.02. The molecule has 7 nitrogen and oxygen atoms in total. The van der Waals surface area contributed by atoms with Gasteiger partial charge in [-0.3, -0.25) is 5.10 Å². The molecule has 3 aromatic rings. The van der Waals surface area contributed by atoms with Gasteiger partial charge in [0.2, 0.25) is 0 Å². The van der Waals surface area contributed by atoms with Crippen molar-refractivity contribution in [3.05, 3.63) is 41.3 Å². The van der Waals surface area contributed by atoms with Gasteiger partial charge in [0.05, 0.1) is 12.7 Å². The monoisotopic (exact) mass is 340 g/mol. The van der Waals surface area contributed by atoms with E-state index in [1.54, 1.807) is 0 Å². The Morgan fingerprint density at radius 2 is 2.28 bits per heavy atom. The zero-order valence-electron chi connectivity index (χ0n) is 14.9. The zero-order chi connectivity index (χ0) is 17.4. The minimum absolute atomic E-state index is 0.370. The zero-order valence-corrected chi connectivity index (χ0v) is 14.9. The van der Waals surface area contributed by atoms with Crippen LogP contribution in [0.5, 0.6) is 0 Å². The van der Waals surface area contributed by atoms with Crippen LogP contribution in [0.4, 0.5) is 0 Å². The smallest absolute Gasteiger partial charge is 0.153 e. The molecule has 0 spiro atoms. The Kier molecular flexibility index (Phi) is 4.17. The molecule has 0 saturated heterocycles. The molecule has 2 N–H and O–H groups in total. The van der Waals surface area contributed by atoms with Crippen LogP contribution in [0, 0.1) is 6.92 Å². The Balaban J connectivity index is 1.42. The van der Waals surface area contributed by atoms with E-state index < -0.39 is 0 Å². The molecule has 0 bridgehead atoms. The summed E-state index contributed by atoms with van der Waals surface area (Å²) >= 11 is 0. The lowest BCUT2D eigenvalue weighted by atomic mass is 10.1. The molecule has 4 rings (SSSR count). The summed E-state index contributed by atoms with van der Waals surface area (Å²) in [7, 11) is 0. The molecule has 25 heavy (non-hydrogen) atoms. The van der Waals surface area contributed by atoms with E-state index in [1.165, 1.54) is 0 Å². The van der Waals surface area contributed by atoms with Crippen LogP contribution in [-0.4, -0.2) is 31.0 Å². The number of hydrogen-bond acceptors (Lipinski definition) is 5. The maximum absolute atomic E-state index is 5.71. The second-order valence-corrected chi connectivity index (χ2v) is 7.02. The Morgan fingerprint density at radius 1 is 1.40 bits per heavy atom. The van der Waals surface area contributed by atoms with Gasteiger partial charge in [-0.25, -0.2) is 9.67 Å². The van der Waals surface area contributed by atoms with Crippen molar-refractivity contribution in [2.45, 2.75) is 58.7 Å². The number of aromatic amines is 1. The Morgan fingerprint density at radius 3 is 3.04 bits per heavy atom. The van der Waals surface area contributed by atoms with Crippen LogP contribution in [0.2, 0.25) is 0 Å². The number of nitrogens with one attached hydrogen (secondary N) is 2. The van der Waals surface area contributed by atoms with E-state index in [9.17, 15) is 0 Å². The molecule has 0 fully saturated rings. The first-order valence-electron chi connectivity index (χ1n) is 8.86. The number of nitrogens with zero attached hydrogens (tertiary/aromatic N) is 4. The van der Waals surface area contributed by atoms with Gasteiger partial charge in [0.25, 0.3) is 0 Å². The molecule has 132 valence electrons. The summed E-state index contributed by atoms with van der Waals surface area (Å²) < 4.78 is 7.77. The van der Waals surface area contributed by atoms with Crippen molar-refractivity contribution in [2.24, 2.45) is 0 Å². The van der Waals surface area contributed by atoms with E-state index in [0.29, 0.717) is 12.0 Å². The van der Waals surface area contributed by atoms with Gasteiger partial charge in [-0.1, -0.05) is 13.8 Å². The summed E-state index contributed by atoms with van der Waals surface area (Å²) in [5.74, 6) is 4.15. The largest absolute Gasteiger partial charge is 0.460 e. The van der Waals surface area contributed by atoms with Crippen molar-refractivity contribution in [1.82, 2.24) is 30.3 Å². The second kappa shape index (κ2) is 6.48. The van der Waals surface area contributed by atoms with E-state index in [1.807, 2.05) is 25.3 Å². The molecule has 1 aliphatic heterocycles. The third-order valence-corrected chi connectivity index (χ3v) is 4.68. The van der Waals surface area contributed by atoms with E-state index in [0.717, 1.165) is 60.4 Å². The van der Waals surface area contributed by atoms with Crippen molar-refractivity contribution in [3.8, 4) is 11.5 Å². The lowest BCUT2D eigenvalue weighted by molar-refractivity contribution is 0.357. The van der Waals surface area contributed by atoms with Crippen LogP contribution >= 0.6 is 0 Å². The maximum Gasteiger partial charge on any atom is 0.153 e. The van der Waals surface area contributed by atoms with Crippen LogP contribution in [0.25, 0.3) is 11.5 Å². The fraction of sp³-hybridized carbons (Fsp3) is 0.500. The topological polar surface area (TPSA) is 84.6 Å². The number of fused-ring (bicyclic) bond motifs is 1. The minimum atomic E-state index is 0.370. The predicted octanol–water partition coefficient (Wildman–Crippen LogP) is 2.80. The molecule has 0 saturated carbocycles. The van der Waals surface area contributed by atoms with Gasteiger partial charge in [0.1, 0.15) is 17.3 Å². The van der Waals surface area contributed by atoms with Crippen LogP contribution in [0.3, 0.4) is 0 Å². The predicted molar refractivity (Wildman–Crippen MR) is 94.1 cm³/mol.